The molecule has 5 rings (SSSR count). The van der Waals surface area contributed by atoms with Crippen molar-refractivity contribution in [1.29, 1.82) is 0 Å². The number of benzene rings is 1. The van der Waals surface area contributed by atoms with E-state index in [0.717, 1.165) is 23.0 Å². The first-order valence-corrected chi connectivity index (χ1v) is 13.3. The molecule has 0 saturated heterocycles. The van der Waals surface area contributed by atoms with Crippen LogP contribution in [-0.4, -0.2) is 33.3 Å². The Bertz CT molecular complexity index is 1730. The number of ether oxygens (including phenoxy) is 1. The second-order valence-corrected chi connectivity index (χ2v) is 10.4. The minimum absolute atomic E-state index is 0.172. The molecule has 0 fully saturated rings. The van der Waals surface area contributed by atoms with E-state index < -0.39 is 11.6 Å². The number of rotatable bonds is 8. The average molecular weight is 557 g/mol. The van der Waals surface area contributed by atoms with Crippen LogP contribution in [0.2, 0.25) is 5.02 Å². The lowest BCUT2D eigenvalue weighted by Gasteiger charge is -2.24. The van der Waals surface area contributed by atoms with Gasteiger partial charge in [-0.25, -0.2) is 0 Å². The number of aromatic nitrogens is 3. The van der Waals surface area contributed by atoms with Crippen LogP contribution in [0.1, 0.15) is 43.1 Å². The number of Topliss-reactive ketones (excluding diaryl/α,β-unsaturated/α-hetero) is 1. The maximum atomic E-state index is 13.8. The second kappa shape index (κ2) is 11.4. The molecule has 40 heavy (non-hydrogen) atoms. The van der Waals surface area contributed by atoms with Crippen molar-refractivity contribution in [2.24, 2.45) is 5.92 Å². The Hall–Kier alpha value is -4.43. The molecule has 3 heterocycles. The van der Waals surface area contributed by atoms with Gasteiger partial charge in [0.15, 0.2) is 5.78 Å². The van der Waals surface area contributed by atoms with Crippen LogP contribution < -0.4 is 15.6 Å². The smallest absolute Gasteiger partial charge is 0.252 e. The highest BCUT2D eigenvalue weighted by atomic mass is 35.5. The first-order chi connectivity index (χ1) is 19.2. The van der Waals surface area contributed by atoms with Gasteiger partial charge in [0.1, 0.15) is 11.8 Å². The zero-order valence-electron chi connectivity index (χ0n) is 22.4. The minimum Gasteiger partial charge on any atom is -0.495 e. The summed E-state index contributed by atoms with van der Waals surface area (Å²) < 4.78 is 7.07. The molecule has 1 aliphatic rings. The number of nitrogens with one attached hydrogen (secondary N) is 2. The van der Waals surface area contributed by atoms with Crippen molar-refractivity contribution in [2.75, 3.05) is 12.4 Å². The summed E-state index contributed by atoms with van der Waals surface area (Å²) in [5, 5.41) is 3.36. The molecule has 0 bridgehead atoms. The number of amides is 1. The van der Waals surface area contributed by atoms with Crippen molar-refractivity contribution < 1.29 is 14.3 Å². The number of hydrogen-bond acceptors (Lipinski definition) is 5. The van der Waals surface area contributed by atoms with E-state index in [1.165, 1.54) is 30.9 Å². The number of fused-ring (bicyclic) bond motifs is 1. The van der Waals surface area contributed by atoms with Crippen molar-refractivity contribution in [3.8, 4) is 16.9 Å². The Balaban J connectivity index is 1.58. The molecule has 0 aliphatic heterocycles. The van der Waals surface area contributed by atoms with E-state index in [-0.39, 0.29) is 11.7 Å². The summed E-state index contributed by atoms with van der Waals surface area (Å²) in [6.07, 6.45) is 12.1. The Kier molecular flexibility index (Phi) is 7.71. The van der Waals surface area contributed by atoms with Gasteiger partial charge in [-0.3, -0.25) is 23.9 Å². The van der Waals surface area contributed by atoms with Crippen LogP contribution in [0.5, 0.6) is 5.75 Å². The largest absolute Gasteiger partial charge is 0.495 e. The quantitative estimate of drug-likeness (QED) is 0.246. The minimum atomic E-state index is -0.869. The van der Waals surface area contributed by atoms with Crippen LogP contribution in [0.3, 0.4) is 0 Å². The van der Waals surface area contributed by atoms with Gasteiger partial charge in [-0.15, -0.1) is 0 Å². The van der Waals surface area contributed by atoms with Crippen LogP contribution >= 0.6 is 11.6 Å². The third kappa shape index (κ3) is 5.62. The SMILES string of the molecule is COc1cn(C(CC2=CC=CC(C)C2)C(=O)Nc2cnc3cc[nH]c3c2)c(=O)cc1-c1cc(Cl)ccc1C(C)=O. The lowest BCUT2D eigenvalue weighted by molar-refractivity contribution is -0.119. The first kappa shape index (κ1) is 27.1. The van der Waals surface area contributed by atoms with Gasteiger partial charge in [0, 0.05) is 28.4 Å². The number of hydrogen-bond donors (Lipinski definition) is 2. The number of ketones is 1. The van der Waals surface area contributed by atoms with E-state index >= 15 is 0 Å². The number of aromatic amines is 1. The van der Waals surface area contributed by atoms with Crippen LogP contribution in [-0.2, 0) is 4.79 Å². The van der Waals surface area contributed by atoms with Crippen molar-refractivity contribution in [1.82, 2.24) is 14.5 Å². The molecular formula is C31H29ClN4O4. The number of allylic oxidation sites excluding steroid dienone is 4. The molecule has 1 aromatic carbocycles. The molecular weight excluding hydrogens is 528 g/mol. The van der Waals surface area contributed by atoms with Gasteiger partial charge in [-0.2, -0.15) is 0 Å². The fourth-order valence-electron chi connectivity index (χ4n) is 5.07. The first-order valence-electron chi connectivity index (χ1n) is 12.9. The molecule has 204 valence electrons. The Morgan fingerprint density at radius 3 is 2.80 bits per heavy atom. The Morgan fingerprint density at radius 2 is 2.05 bits per heavy atom. The van der Waals surface area contributed by atoms with Crippen LogP contribution in [0.25, 0.3) is 22.2 Å². The molecule has 0 saturated carbocycles. The molecule has 3 aromatic heterocycles. The van der Waals surface area contributed by atoms with Gasteiger partial charge in [0.2, 0.25) is 5.91 Å². The van der Waals surface area contributed by atoms with Gasteiger partial charge >= 0.3 is 0 Å². The molecule has 1 amide bonds. The molecule has 2 N–H and O–H groups in total. The van der Waals surface area contributed by atoms with Crippen molar-refractivity contribution >= 4 is 40.0 Å². The fraction of sp³-hybridized carbons (Fsp3) is 0.226. The predicted octanol–water partition coefficient (Wildman–Crippen LogP) is 6.35. The molecule has 4 aromatic rings. The summed E-state index contributed by atoms with van der Waals surface area (Å²) in [5.41, 5.74) is 4.04. The summed E-state index contributed by atoms with van der Waals surface area (Å²) in [6.45, 7) is 3.56. The maximum Gasteiger partial charge on any atom is 0.252 e. The van der Waals surface area contributed by atoms with E-state index in [0.29, 0.717) is 45.5 Å². The fourth-order valence-corrected chi connectivity index (χ4v) is 5.24. The zero-order valence-corrected chi connectivity index (χ0v) is 23.2. The molecule has 8 nitrogen and oxygen atoms in total. The summed E-state index contributed by atoms with van der Waals surface area (Å²) >= 11 is 6.25. The number of carbonyl (C=O) groups is 2. The third-order valence-electron chi connectivity index (χ3n) is 7.03. The number of methoxy groups -OCH3 is 1. The molecule has 0 radical (unpaired) electrons. The van der Waals surface area contributed by atoms with Gasteiger partial charge in [0.05, 0.1) is 36.2 Å². The summed E-state index contributed by atoms with van der Waals surface area (Å²) in [7, 11) is 1.48. The van der Waals surface area contributed by atoms with E-state index in [1.807, 2.05) is 18.2 Å². The van der Waals surface area contributed by atoms with Crippen molar-refractivity contribution in [3.05, 3.63) is 99.7 Å². The number of halogens is 1. The summed E-state index contributed by atoms with van der Waals surface area (Å²) in [5.74, 6) is 0.126. The van der Waals surface area contributed by atoms with Gasteiger partial charge in [0.25, 0.3) is 5.56 Å². The standard InChI is InChI=1S/C31H29ClN4O4/c1-18-5-4-6-20(11-18)12-28(31(39)35-22-14-27-26(34-16-22)9-10-33-27)36-17-29(40-3)25(15-30(36)38)24-13-21(32)7-8-23(24)19(2)37/h4-10,13-18,28,33H,11-12H2,1-3H3,(H,35,39). The highest BCUT2D eigenvalue weighted by Crippen LogP contribution is 2.35. The highest BCUT2D eigenvalue weighted by Gasteiger charge is 2.26. The van der Waals surface area contributed by atoms with E-state index in [9.17, 15) is 14.4 Å². The number of anilines is 1. The second-order valence-electron chi connectivity index (χ2n) is 9.98. The van der Waals surface area contributed by atoms with Gasteiger partial charge in [-0.1, -0.05) is 42.3 Å². The number of pyridine rings is 2. The lowest BCUT2D eigenvalue weighted by Crippen LogP contribution is -2.33. The lowest BCUT2D eigenvalue weighted by atomic mass is 9.91. The zero-order chi connectivity index (χ0) is 28.4. The van der Waals surface area contributed by atoms with E-state index in [2.05, 4.69) is 28.3 Å². The third-order valence-corrected chi connectivity index (χ3v) is 7.27. The van der Waals surface area contributed by atoms with Gasteiger partial charge < -0.3 is 15.0 Å². The topological polar surface area (TPSA) is 106 Å². The van der Waals surface area contributed by atoms with Crippen molar-refractivity contribution in [3.63, 3.8) is 0 Å². The number of carbonyl (C=O) groups excluding carboxylic acids is 2. The van der Waals surface area contributed by atoms with E-state index in [1.54, 1.807) is 36.7 Å². The molecule has 0 spiro atoms. The molecule has 2 unspecified atom stereocenters. The molecule has 2 atom stereocenters. The number of H-pyrrole nitrogens is 1. The van der Waals surface area contributed by atoms with Crippen LogP contribution in [0, 0.1) is 5.92 Å². The molecule has 1 aliphatic carbocycles. The average Bonchev–Trinajstić information content (AvgIpc) is 3.39. The predicted molar refractivity (Wildman–Crippen MR) is 157 cm³/mol. The summed E-state index contributed by atoms with van der Waals surface area (Å²) in [6, 6.07) is 9.06. The van der Waals surface area contributed by atoms with Crippen molar-refractivity contribution in [2.45, 2.75) is 32.7 Å². The van der Waals surface area contributed by atoms with E-state index in [4.69, 9.17) is 16.3 Å². The van der Waals surface area contributed by atoms with Gasteiger partial charge in [-0.05, 0) is 61.6 Å². The maximum absolute atomic E-state index is 13.8. The monoisotopic (exact) mass is 556 g/mol. The Labute approximate surface area is 236 Å². The van der Waals surface area contributed by atoms with Crippen LogP contribution in [0.15, 0.2) is 83.6 Å². The molecule has 9 heteroatoms. The Morgan fingerprint density at radius 1 is 1.23 bits per heavy atom. The van der Waals surface area contributed by atoms with Crippen LogP contribution in [0.4, 0.5) is 5.69 Å². The normalized spacial score (nSPS) is 15.5. The number of nitrogens with zero attached hydrogens (tertiary/aromatic N) is 2. The highest BCUT2D eigenvalue weighted by molar-refractivity contribution is 6.31. The summed E-state index contributed by atoms with van der Waals surface area (Å²) in [4.78, 5) is 47.2.